The summed E-state index contributed by atoms with van der Waals surface area (Å²) in [5.41, 5.74) is 8.19. The molecule has 0 aliphatic heterocycles. The lowest BCUT2D eigenvalue weighted by Crippen LogP contribution is -2.54. The molecule has 1 N–H and O–H groups in total. The van der Waals surface area contributed by atoms with Crippen LogP contribution >= 0.6 is 11.3 Å². The van der Waals surface area contributed by atoms with Gasteiger partial charge in [-0.25, -0.2) is 0 Å². The van der Waals surface area contributed by atoms with E-state index < -0.39 is 5.60 Å². The molecule has 0 saturated heterocycles. The molecule has 0 radical (unpaired) electrons. The van der Waals surface area contributed by atoms with Crippen molar-refractivity contribution in [1.82, 2.24) is 0 Å². The van der Waals surface area contributed by atoms with Crippen molar-refractivity contribution < 1.29 is 14.6 Å². The molecule has 8 atom stereocenters. The summed E-state index contributed by atoms with van der Waals surface area (Å²) in [5, 5.41) is 18.1. The molecule has 0 spiro atoms. The third kappa shape index (κ3) is 4.11. The summed E-state index contributed by atoms with van der Waals surface area (Å²) >= 11 is 1.65. The van der Waals surface area contributed by atoms with Gasteiger partial charge in [0.05, 0.1) is 6.61 Å². The highest BCUT2D eigenvalue weighted by atomic mass is 32.1. The van der Waals surface area contributed by atoms with Crippen molar-refractivity contribution >= 4 is 17.3 Å². The van der Waals surface area contributed by atoms with E-state index in [0.717, 1.165) is 43.4 Å². The second-order valence-corrected chi connectivity index (χ2v) is 12.5. The second-order valence-electron chi connectivity index (χ2n) is 11.5. The third-order valence-electron chi connectivity index (χ3n) is 10.0. The van der Waals surface area contributed by atoms with Gasteiger partial charge in [-0.3, -0.25) is 4.79 Å². The van der Waals surface area contributed by atoms with Gasteiger partial charge in [0.1, 0.15) is 5.60 Å². The fraction of sp³-hybridized carbons (Fsp3) is 0.808. The van der Waals surface area contributed by atoms with Crippen LogP contribution in [0.4, 0.5) is 0 Å². The van der Waals surface area contributed by atoms with E-state index in [1.807, 2.05) is 6.07 Å². The predicted octanol–water partition coefficient (Wildman–Crippen LogP) is 6.69. The Balaban J connectivity index is 1.68. The summed E-state index contributed by atoms with van der Waals surface area (Å²) < 4.78 is 5.56. The number of rotatable bonds is 6. The van der Waals surface area contributed by atoms with E-state index in [9.17, 15) is 15.4 Å². The van der Waals surface area contributed by atoms with Gasteiger partial charge < -0.3 is 9.84 Å². The minimum Gasteiger partial charge on any atom is -0.466 e. The van der Waals surface area contributed by atoms with Crippen LogP contribution in [0.25, 0.3) is 10.4 Å². The Labute approximate surface area is 201 Å². The molecule has 3 aliphatic carbocycles. The van der Waals surface area contributed by atoms with Crippen molar-refractivity contribution in [3.63, 3.8) is 0 Å². The SMILES string of the molecule is CC(=O)OC[C@H]1C[C@@H](C)CC[C@]1(C)[C@H]1CC[C@@]2(C)[C@@H](CC[C@@]2(O)c2cccs2)[C@@H]1CN=[N+]=[N-]. The van der Waals surface area contributed by atoms with E-state index in [1.54, 1.807) is 11.3 Å². The molecule has 3 saturated carbocycles. The Morgan fingerprint density at radius 2 is 2.03 bits per heavy atom. The molecule has 1 aromatic heterocycles. The van der Waals surface area contributed by atoms with Gasteiger partial charge in [0, 0.05) is 28.7 Å². The molecule has 7 heteroatoms. The molecule has 6 nitrogen and oxygen atoms in total. The summed E-state index contributed by atoms with van der Waals surface area (Å²) in [5.74, 6) is 1.64. The van der Waals surface area contributed by atoms with E-state index in [-0.39, 0.29) is 22.7 Å². The van der Waals surface area contributed by atoms with E-state index in [2.05, 4.69) is 42.2 Å². The Morgan fingerprint density at radius 3 is 2.70 bits per heavy atom. The Hall–Kier alpha value is -1.56. The van der Waals surface area contributed by atoms with Crippen LogP contribution in [-0.4, -0.2) is 24.2 Å². The number of azide groups is 1. The zero-order chi connectivity index (χ0) is 23.9. The van der Waals surface area contributed by atoms with Crippen LogP contribution in [-0.2, 0) is 15.1 Å². The minimum absolute atomic E-state index is 0.0303. The number of ether oxygens (including phenoxy) is 1. The number of aliphatic hydroxyl groups is 1. The molecule has 0 amide bonds. The number of hydrogen-bond acceptors (Lipinski definition) is 5. The van der Waals surface area contributed by atoms with Crippen LogP contribution in [0, 0.1) is 40.4 Å². The van der Waals surface area contributed by atoms with Gasteiger partial charge in [-0.2, -0.15) is 0 Å². The van der Waals surface area contributed by atoms with Crippen LogP contribution < -0.4 is 0 Å². The van der Waals surface area contributed by atoms with Gasteiger partial charge in [0.2, 0.25) is 0 Å². The monoisotopic (exact) mass is 473 g/mol. The topological polar surface area (TPSA) is 95.3 Å². The maximum atomic E-state index is 12.0. The van der Waals surface area contributed by atoms with Gasteiger partial charge in [-0.05, 0) is 90.5 Å². The standard InChI is InChI=1S/C26H39N3O3S/c1-17-7-10-24(3,19(14-17)16-32-18(2)30)21-8-11-25(4)22(20(21)15-28-29-27)9-12-26(25,31)23-6-5-13-33-23/h5-6,13,17,19-22,31H,7-12,14-16H2,1-4H3/t17-,19+,20+,21-,22-,24-,25-,26+/m0/s1. The van der Waals surface area contributed by atoms with Gasteiger partial charge in [0.15, 0.2) is 0 Å². The number of esters is 1. The number of carbonyl (C=O) groups is 1. The normalized spacial score (nSPS) is 42.9. The van der Waals surface area contributed by atoms with Crippen molar-refractivity contribution in [3.8, 4) is 0 Å². The summed E-state index contributed by atoms with van der Waals surface area (Å²) in [6, 6.07) is 4.10. The lowest BCUT2D eigenvalue weighted by atomic mass is 9.48. The molecule has 4 rings (SSSR count). The quantitative estimate of drug-likeness (QED) is 0.216. The lowest BCUT2D eigenvalue weighted by Gasteiger charge is -2.58. The van der Waals surface area contributed by atoms with Gasteiger partial charge in [-0.15, -0.1) is 11.3 Å². The molecular weight excluding hydrogens is 434 g/mol. The average molecular weight is 474 g/mol. The maximum absolute atomic E-state index is 12.0. The van der Waals surface area contributed by atoms with Crippen molar-refractivity contribution in [3.05, 3.63) is 32.8 Å². The van der Waals surface area contributed by atoms with Gasteiger partial charge in [-0.1, -0.05) is 38.4 Å². The van der Waals surface area contributed by atoms with Crippen LogP contribution in [0.5, 0.6) is 0 Å². The van der Waals surface area contributed by atoms with Crippen LogP contribution in [0.15, 0.2) is 22.6 Å². The van der Waals surface area contributed by atoms with Crippen molar-refractivity contribution in [1.29, 1.82) is 0 Å². The number of thiophene rings is 1. The number of hydrogen-bond donors (Lipinski definition) is 1. The third-order valence-corrected chi connectivity index (χ3v) is 11.0. The van der Waals surface area contributed by atoms with Crippen LogP contribution in [0.3, 0.4) is 0 Å². The average Bonchev–Trinajstić information content (AvgIpc) is 3.40. The first-order valence-electron chi connectivity index (χ1n) is 12.6. The zero-order valence-electron chi connectivity index (χ0n) is 20.5. The van der Waals surface area contributed by atoms with E-state index >= 15 is 0 Å². The smallest absolute Gasteiger partial charge is 0.302 e. The molecule has 33 heavy (non-hydrogen) atoms. The van der Waals surface area contributed by atoms with Crippen molar-refractivity contribution in [2.24, 2.45) is 45.5 Å². The summed E-state index contributed by atoms with van der Waals surface area (Å²) in [6.45, 7) is 9.41. The van der Waals surface area contributed by atoms with E-state index in [0.29, 0.717) is 36.8 Å². The molecule has 3 aliphatic rings. The van der Waals surface area contributed by atoms with Crippen molar-refractivity contribution in [2.45, 2.75) is 78.2 Å². The largest absolute Gasteiger partial charge is 0.466 e. The summed E-state index contributed by atoms with van der Waals surface area (Å²) in [6.07, 6.45) is 7.04. The zero-order valence-corrected chi connectivity index (χ0v) is 21.3. The fourth-order valence-electron chi connectivity index (χ4n) is 8.03. The van der Waals surface area contributed by atoms with E-state index in [4.69, 9.17) is 4.74 Å². The predicted molar refractivity (Wildman–Crippen MR) is 131 cm³/mol. The number of nitrogens with zero attached hydrogens (tertiary/aromatic N) is 3. The fourth-order valence-corrected chi connectivity index (χ4v) is 9.02. The molecular formula is C26H39N3O3S. The van der Waals surface area contributed by atoms with Gasteiger partial charge >= 0.3 is 5.97 Å². The first-order chi connectivity index (χ1) is 15.7. The number of carbonyl (C=O) groups excluding carboxylic acids is 1. The lowest BCUT2D eigenvalue weighted by molar-refractivity contribution is -0.154. The molecule has 1 heterocycles. The highest BCUT2D eigenvalue weighted by Gasteiger charge is 2.64. The maximum Gasteiger partial charge on any atom is 0.302 e. The Kier molecular flexibility index (Phi) is 6.88. The van der Waals surface area contributed by atoms with Crippen LogP contribution in [0.1, 0.15) is 77.5 Å². The van der Waals surface area contributed by atoms with Crippen LogP contribution in [0.2, 0.25) is 0 Å². The summed E-state index contributed by atoms with van der Waals surface area (Å²) in [7, 11) is 0. The molecule has 0 unspecified atom stereocenters. The number of fused-ring (bicyclic) bond motifs is 1. The van der Waals surface area contributed by atoms with E-state index in [1.165, 1.54) is 13.3 Å². The molecule has 0 aromatic carbocycles. The first kappa shape index (κ1) is 24.6. The van der Waals surface area contributed by atoms with Crippen molar-refractivity contribution in [2.75, 3.05) is 13.2 Å². The summed E-state index contributed by atoms with van der Waals surface area (Å²) in [4.78, 5) is 15.8. The molecule has 182 valence electrons. The molecule has 0 bridgehead atoms. The highest BCUT2D eigenvalue weighted by molar-refractivity contribution is 7.10. The molecule has 1 aromatic rings. The molecule has 3 fully saturated rings. The second kappa shape index (κ2) is 9.24. The minimum atomic E-state index is -0.815. The first-order valence-corrected chi connectivity index (χ1v) is 13.4. The Bertz CT molecular complexity index is 901. The van der Waals surface area contributed by atoms with Gasteiger partial charge in [0.25, 0.3) is 0 Å². The highest BCUT2D eigenvalue weighted by Crippen LogP contribution is 2.68. The Morgan fingerprint density at radius 1 is 1.27 bits per heavy atom.